The first-order valence-corrected chi connectivity index (χ1v) is 7.59. The molecule has 0 N–H and O–H groups in total. The number of aryl methyl sites for hydroxylation is 3. The number of hydrogen-bond donors (Lipinski definition) is 0. The molecule has 0 heterocycles. The summed E-state index contributed by atoms with van der Waals surface area (Å²) in [6, 6.07) is 13.3. The molecule has 3 rings (SSSR count). The molecule has 106 valence electrons. The van der Waals surface area contributed by atoms with E-state index in [1.807, 2.05) is 0 Å². The minimum atomic E-state index is 0.393. The molecule has 1 aliphatic rings. The first-order valence-electron chi connectivity index (χ1n) is 7.59. The van der Waals surface area contributed by atoms with Gasteiger partial charge in [-0.1, -0.05) is 60.7 Å². The molecule has 21 heavy (non-hydrogen) atoms. The van der Waals surface area contributed by atoms with Crippen molar-refractivity contribution < 1.29 is 0 Å². The lowest BCUT2D eigenvalue weighted by Gasteiger charge is -2.26. The quantitative estimate of drug-likeness (QED) is 0.676. The van der Waals surface area contributed by atoms with Crippen molar-refractivity contribution in [2.45, 2.75) is 33.1 Å². The van der Waals surface area contributed by atoms with Crippen LogP contribution in [-0.4, -0.2) is 0 Å². The molecule has 0 fully saturated rings. The van der Waals surface area contributed by atoms with Gasteiger partial charge in [0.2, 0.25) is 0 Å². The highest BCUT2D eigenvalue weighted by molar-refractivity contribution is 5.64. The lowest BCUT2D eigenvalue weighted by Crippen LogP contribution is -2.11. The molecule has 2 aromatic carbocycles. The lowest BCUT2D eigenvalue weighted by atomic mass is 9.78. The summed E-state index contributed by atoms with van der Waals surface area (Å²) in [6.45, 7) is 10.9. The van der Waals surface area contributed by atoms with E-state index in [0.717, 1.165) is 6.42 Å². The van der Waals surface area contributed by atoms with E-state index in [9.17, 15) is 0 Å². The summed E-state index contributed by atoms with van der Waals surface area (Å²) < 4.78 is 0. The summed E-state index contributed by atoms with van der Waals surface area (Å²) in [5.41, 5.74) is 9.53. The van der Waals surface area contributed by atoms with Crippen molar-refractivity contribution in [3.8, 4) is 0 Å². The number of benzene rings is 2. The molecule has 0 aromatic heterocycles. The zero-order valence-corrected chi connectivity index (χ0v) is 13.1. The van der Waals surface area contributed by atoms with Crippen molar-refractivity contribution in [2.24, 2.45) is 0 Å². The van der Waals surface area contributed by atoms with Gasteiger partial charge in [0.15, 0.2) is 0 Å². The van der Waals surface area contributed by atoms with E-state index in [-0.39, 0.29) is 0 Å². The normalized spacial score (nSPS) is 16.9. The molecule has 0 spiro atoms. The Bertz CT molecular complexity index is 711. The maximum absolute atomic E-state index is 4.29. The summed E-state index contributed by atoms with van der Waals surface area (Å²) in [6.07, 6.45) is 5.41. The maximum Gasteiger partial charge on any atom is 0.0130 e. The summed E-state index contributed by atoms with van der Waals surface area (Å²) in [4.78, 5) is 0. The van der Waals surface area contributed by atoms with Gasteiger partial charge in [-0.2, -0.15) is 0 Å². The van der Waals surface area contributed by atoms with Gasteiger partial charge in [-0.25, -0.2) is 0 Å². The average molecular weight is 274 g/mol. The van der Waals surface area contributed by atoms with Gasteiger partial charge in [-0.3, -0.25) is 0 Å². The van der Waals surface area contributed by atoms with Crippen molar-refractivity contribution in [1.82, 2.24) is 0 Å². The zero-order valence-electron chi connectivity index (χ0n) is 13.1. The van der Waals surface area contributed by atoms with Crippen molar-refractivity contribution in [3.05, 3.63) is 88.0 Å². The fourth-order valence-electron chi connectivity index (χ4n) is 3.28. The van der Waals surface area contributed by atoms with E-state index in [4.69, 9.17) is 0 Å². The van der Waals surface area contributed by atoms with Crippen molar-refractivity contribution >= 4 is 6.08 Å². The molecule has 0 amide bonds. The highest BCUT2D eigenvalue weighted by Crippen LogP contribution is 2.37. The van der Waals surface area contributed by atoms with E-state index < -0.39 is 0 Å². The van der Waals surface area contributed by atoms with Crippen LogP contribution in [0.25, 0.3) is 6.08 Å². The smallest absolute Gasteiger partial charge is 0.0130 e. The predicted molar refractivity (Wildman–Crippen MR) is 91.7 cm³/mol. The molecular formula is C21H22. The second-order valence-corrected chi connectivity index (χ2v) is 6.17. The monoisotopic (exact) mass is 274 g/mol. The van der Waals surface area contributed by atoms with Crippen molar-refractivity contribution in [3.63, 3.8) is 0 Å². The van der Waals surface area contributed by atoms with Crippen LogP contribution in [0, 0.1) is 20.8 Å². The fraction of sp³-hybridized carbons (Fsp3) is 0.238. The standard InChI is InChI=1S/C21H22/c1-14-8-10-18-11-9-17(4)20(21(18)12-14)13-19-15(2)6-5-7-16(19)3/h5-12,20H,4,13H2,1-3H3. The molecular weight excluding hydrogens is 252 g/mol. The highest BCUT2D eigenvalue weighted by atomic mass is 14.3. The minimum Gasteiger partial charge on any atom is -0.0952 e. The van der Waals surface area contributed by atoms with Gasteiger partial charge < -0.3 is 0 Å². The molecule has 0 saturated carbocycles. The molecule has 2 aromatic rings. The maximum atomic E-state index is 4.29. The van der Waals surface area contributed by atoms with Gasteiger partial charge in [0.1, 0.15) is 0 Å². The third kappa shape index (κ3) is 2.58. The molecule has 0 radical (unpaired) electrons. The molecule has 0 bridgehead atoms. The van der Waals surface area contributed by atoms with E-state index in [1.54, 1.807) is 0 Å². The first-order chi connectivity index (χ1) is 10.1. The third-order valence-electron chi connectivity index (χ3n) is 4.59. The summed E-state index contributed by atoms with van der Waals surface area (Å²) in [7, 11) is 0. The van der Waals surface area contributed by atoms with Crippen LogP contribution in [0.15, 0.2) is 54.6 Å². The van der Waals surface area contributed by atoms with Crippen LogP contribution in [0.1, 0.15) is 39.3 Å². The molecule has 1 aliphatic carbocycles. The minimum absolute atomic E-state index is 0.393. The van der Waals surface area contributed by atoms with E-state index in [1.165, 1.54) is 39.0 Å². The van der Waals surface area contributed by atoms with E-state index in [0.29, 0.717) is 5.92 Å². The molecule has 0 aliphatic heterocycles. The predicted octanol–water partition coefficient (Wildman–Crippen LogP) is 5.52. The van der Waals surface area contributed by atoms with Crippen molar-refractivity contribution in [2.75, 3.05) is 0 Å². The van der Waals surface area contributed by atoms with Crippen molar-refractivity contribution in [1.29, 1.82) is 0 Å². The molecule has 1 unspecified atom stereocenters. The fourth-order valence-corrected chi connectivity index (χ4v) is 3.28. The van der Waals surface area contributed by atoms with Crippen LogP contribution in [0.3, 0.4) is 0 Å². The van der Waals surface area contributed by atoms with Crippen LogP contribution >= 0.6 is 0 Å². The summed E-state index contributed by atoms with van der Waals surface area (Å²) >= 11 is 0. The van der Waals surface area contributed by atoms with Gasteiger partial charge in [-0.15, -0.1) is 0 Å². The third-order valence-corrected chi connectivity index (χ3v) is 4.59. The molecule has 0 nitrogen and oxygen atoms in total. The number of rotatable bonds is 2. The van der Waals surface area contributed by atoms with E-state index in [2.05, 4.69) is 75.9 Å². The second-order valence-electron chi connectivity index (χ2n) is 6.17. The number of allylic oxidation sites excluding steroid dienone is 2. The van der Waals surface area contributed by atoms with Gasteiger partial charge in [0, 0.05) is 5.92 Å². The topological polar surface area (TPSA) is 0 Å². The van der Waals surface area contributed by atoms with Crippen LogP contribution in [0.5, 0.6) is 0 Å². The Morgan fingerprint density at radius 3 is 2.38 bits per heavy atom. The Labute approximate surface area is 127 Å². The lowest BCUT2D eigenvalue weighted by molar-refractivity contribution is 0.789. The van der Waals surface area contributed by atoms with Gasteiger partial charge in [0.25, 0.3) is 0 Å². The van der Waals surface area contributed by atoms with Gasteiger partial charge >= 0.3 is 0 Å². The summed E-state index contributed by atoms with van der Waals surface area (Å²) in [5.74, 6) is 0.393. The van der Waals surface area contributed by atoms with E-state index >= 15 is 0 Å². The zero-order chi connectivity index (χ0) is 15.0. The number of hydrogen-bond acceptors (Lipinski definition) is 0. The Hall–Kier alpha value is -2.08. The summed E-state index contributed by atoms with van der Waals surface area (Å²) in [5, 5.41) is 0. The van der Waals surface area contributed by atoms with Crippen LogP contribution < -0.4 is 0 Å². The highest BCUT2D eigenvalue weighted by Gasteiger charge is 2.21. The van der Waals surface area contributed by atoms with Crippen LogP contribution in [-0.2, 0) is 6.42 Å². The second kappa shape index (κ2) is 5.37. The molecule has 0 heteroatoms. The first kappa shape index (κ1) is 13.9. The average Bonchev–Trinajstić information content (AvgIpc) is 2.45. The van der Waals surface area contributed by atoms with Gasteiger partial charge in [0.05, 0.1) is 0 Å². The van der Waals surface area contributed by atoms with Crippen LogP contribution in [0.4, 0.5) is 0 Å². The Balaban J connectivity index is 2.05. The molecule has 0 saturated heterocycles. The number of fused-ring (bicyclic) bond motifs is 1. The van der Waals surface area contributed by atoms with Gasteiger partial charge in [-0.05, 0) is 60.6 Å². The SMILES string of the molecule is C=C1C=Cc2ccc(C)cc2C1Cc1c(C)cccc1C. The largest absolute Gasteiger partial charge is 0.0952 e. The Morgan fingerprint density at radius 2 is 1.67 bits per heavy atom. The Morgan fingerprint density at radius 1 is 0.952 bits per heavy atom. The Kier molecular flexibility index (Phi) is 3.55. The van der Waals surface area contributed by atoms with Crippen LogP contribution in [0.2, 0.25) is 0 Å². The molecule has 1 atom stereocenters.